The highest BCUT2D eigenvalue weighted by Crippen LogP contribution is 2.35. The van der Waals surface area contributed by atoms with E-state index in [1.165, 1.54) is 11.8 Å². The van der Waals surface area contributed by atoms with Crippen molar-refractivity contribution < 1.29 is 9.21 Å². The number of amides is 1. The van der Waals surface area contributed by atoms with Crippen LogP contribution in [-0.2, 0) is 4.79 Å². The number of rotatable bonds is 5. The second-order valence-electron chi connectivity index (χ2n) is 6.65. The first-order valence-electron chi connectivity index (χ1n) is 9.45. The second kappa shape index (κ2) is 9.13. The topological polar surface area (TPSA) is 45.8 Å². The van der Waals surface area contributed by atoms with Crippen molar-refractivity contribution in [2.75, 3.05) is 6.54 Å². The lowest BCUT2D eigenvalue weighted by atomic mass is 10.2. The van der Waals surface area contributed by atoms with E-state index in [1.54, 1.807) is 23.1 Å². The summed E-state index contributed by atoms with van der Waals surface area (Å²) < 4.78 is 5.92. The van der Waals surface area contributed by atoms with Crippen LogP contribution in [0.25, 0.3) is 17.4 Å². The molecule has 7 heteroatoms. The van der Waals surface area contributed by atoms with Crippen LogP contribution in [0.15, 0.2) is 75.0 Å². The zero-order chi connectivity index (χ0) is 21.1. The zero-order valence-electron chi connectivity index (χ0n) is 16.1. The average molecular weight is 457 g/mol. The van der Waals surface area contributed by atoms with Crippen LogP contribution in [0.3, 0.4) is 0 Å². The predicted molar refractivity (Wildman–Crippen MR) is 125 cm³/mol. The van der Waals surface area contributed by atoms with E-state index in [1.807, 2.05) is 55.5 Å². The molecule has 1 saturated heterocycles. The average Bonchev–Trinajstić information content (AvgIpc) is 3.31. The number of nitrogens with zero attached hydrogens (tertiary/aromatic N) is 2. The first-order chi connectivity index (χ1) is 14.5. The molecule has 152 valence electrons. The van der Waals surface area contributed by atoms with Crippen LogP contribution < -0.4 is 0 Å². The molecule has 0 N–H and O–H groups in total. The Morgan fingerprint density at radius 3 is 2.33 bits per heavy atom. The Labute approximate surface area is 189 Å². The van der Waals surface area contributed by atoms with E-state index in [0.29, 0.717) is 32.4 Å². The largest absolute Gasteiger partial charge is 0.457 e. The summed E-state index contributed by atoms with van der Waals surface area (Å²) >= 11 is 13.2. The molecule has 0 bridgehead atoms. The number of furan rings is 1. The van der Waals surface area contributed by atoms with Crippen molar-refractivity contribution in [1.82, 2.24) is 4.90 Å². The number of halogens is 2. The Morgan fingerprint density at radius 1 is 1.00 bits per heavy atom. The minimum atomic E-state index is -0.0704. The summed E-state index contributed by atoms with van der Waals surface area (Å²) in [4.78, 5) is 19.9. The Kier molecular flexibility index (Phi) is 6.32. The lowest BCUT2D eigenvalue weighted by Gasteiger charge is -2.13. The first kappa shape index (κ1) is 20.8. The standard InChI is InChI=1S/C23H18Cl2N2O2S/c1-2-13-27-22(28)21(30-23(27)26-18-9-7-17(25)8-10-18)14-19-11-12-20(29-19)15-3-5-16(24)6-4-15/h3-12,14H,2,13H2,1H3/b21-14-,26-23?. The molecule has 0 spiro atoms. The minimum Gasteiger partial charge on any atom is -0.457 e. The van der Waals surface area contributed by atoms with E-state index in [2.05, 4.69) is 4.99 Å². The molecule has 0 saturated carbocycles. The smallest absolute Gasteiger partial charge is 0.266 e. The number of aliphatic imine (C=N–C) groups is 1. The quantitative estimate of drug-likeness (QED) is 0.379. The fourth-order valence-corrected chi connectivity index (χ4v) is 4.22. The van der Waals surface area contributed by atoms with Crippen LogP contribution in [0.1, 0.15) is 19.1 Å². The minimum absolute atomic E-state index is 0.0704. The van der Waals surface area contributed by atoms with Crippen LogP contribution in [0.5, 0.6) is 0 Å². The molecule has 0 aliphatic carbocycles. The maximum Gasteiger partial charge on any atom is 0.266 e. The van der Waals surface area contributed by atoms with E-state index in [4.69, 9.17) is 27.6 Å². The van der Waals surface area contributed by atoms with Gasteiger partial charge in [-0.3, -0.25) is 9.69 Å². The molecule has 1 fully saturated rings. The summed E-state index contributed by atoms with van der Waals surface area (Å²) in [5, 5.41) is 1.97. The number of carbonyl (C=O) groups excluding carboxylic acids is 1. The van der Waals surface area contributed by atoms with Crippen molar-refractivity contribution in [3.8, 4) is 11.3 Å². The van der Waals surface area contributed by atoms with Crippen LogP contribution >= 0.6 is 35.0 Å². The number of carbonyl (C=O) groups is 1. The zero-order valence-corrected chi connectivity index (χ0v) is 18.5. The molecule has 4 nitrogen and oxygen atoms in total. The van der Waals surface area contributed by atoms with Crippen LogP contribution in [0.2, 0.25) is 10.0 Å². The summed E-state index contributed by atoms with van der Waals surface area (Å²) in [7, 11) is 0. The summed E-state index contributed by atoms with van der Waals surface area (Å²) in [5.74, 6) is 1.26. The molecule has 0 radical (unpaired) electrons. The van der Waals surface area contributed by atoms with Crippen LogP contribution in [0, 0.1) is 0 Å². The van der Waals surface area contributed by atoms with Gasteiger partial charge in [-0.15, -0.1) is 0 Å². The molecule has 1 aliphatic rings. The molecular weight excluding hydrogens is 439 g/mol. The van der Waals surface area contributed by atoms with Gasteiger partial charge in [-0.2, -0.15) is 0 Å². The monoisotopic (exact) mass is 456 g/mol. The van der Waals surface area contributed by atoms with Gasteiger partial charge in [0.2, 0.25) is 0 Å². The molecular formula is C23H18Cl2N2O2S. The number of thioether (sulfide) groups is 1. The van der Waals surface area contributed by atoms with Gasteiger partial charge in [-0.05, 0) is 78.8 Å². The molecule has 1 aromatic heterocycles. The lowest BCUT2D eigenvalue weighted by molar-refractivity contribution is -0.122. The van der Waals surface area contributed by atoms with Crippen LogP contribution in [-0.4, -0.2) is 22.5 Å². The highest BCUT2D eigenvalue weighted by atomic mass is 35.5. The molecule has 1 aliphatic heterocycles. The van der Waals surface area contributed by atoms with E-state index in [9.17, 15) is 4.79 Å². The SMILES string of the molecule is CCCN1C(=O)/C(=C/c2ccc(-c3ccc(Cl)cc3)o2)SC1=Nc1ccc(Cl)cc1. The lowest BCUT2D eigenvalue weighted by Crippen LogP contribution is -2.29. The normalized spacial score (nSPS) is 16.8. The summed E-state index contributed by atoms with van der Waals surface area (Å²) in [6, 6.07) is 18.4. The van der Waals surface area contributed by atoms with Gasteiger partial charge in [0.1, 0.15) is 11.5 Å². The molecule has 30 heavy (non-hydrogen) atoms. The Balaban J connectivity index is 1.61. The van der Waals surface area contributed by atoms with Crippen molar-refractivity contribution >= 4 is 57.8 Å². The number of amidine groups is 1. The van der Waals surface area contributed by atoms with Gasteiger partial charge >= 0.3 is 0 Å². The molecule has 0 unspecified atom stereocenters. The Hall–Kier alpha value is -2.47. The Morgan fingerprint density at radius 2 is 1.67 bits per heavy atom. The number of benzene rings is 2. The number of hydrogen-bond donors (Lipinski definition) is 0. The van der Waals surface area contributed by atoms with Crippen molar-refractivity contribution in [3.05, 3.63) is 81.4 Å². The predicted octanol–water partition coefficient (Wildman–Crippen LogP) is 7.27. The van der Waals surface area contributed by atoms with E-state index >= 15 is 0 Å². The van der Waals surface area contributed by atoms with E-state index in [-0.39, 0.29) is 5.91 Å². The molecule has 2 aromatic carbocycles. The third-order valence-electron chi connectivity index (χ3n) is 4.42. The van der Waals surface area contributed by atoms with Gasteiger partial charge in [0.15, 0.2) is 5.17 Å². The third kappa shape index (κ3) is 4.64. The molecule has 2 heterocycles. The highest BCUT2D eigenvalue weighted by Gasteiger charge is 2.33. The van der Waals surface area contributed by atoms with E-state index in [0.717, 1.165) is 23.4 Å². The van der Waals surface area contributed by atoms with Crippen molar-refractivity contribution in [2.45, 2.75) is 13.3 Å². The first-order valence-corrected chi connectivity index (χ1v) is 11.0. The van der Waals surface area contributed by atoms with Gasteiger partial charge in [0.05, 0.1) is 10.6 Å². The van der Waals surface area contributed by atoms with Crippen molar-refractivity contribution in [1.29, 1.82) is 0 Å². The second-order valence-corrected chi connectivity index (χ2v) is 8.53. The Bertz CT molecular complexity index is 1120. The molecule has 1 amide bonds. The fraction of sp³-hybridized carbons (Fsp3) is 0.130. The summed E-state index contributed by atoms with van der Waals surface area (Å²) in [6.45, 7) is 2.63. The van der Waals surface area contributed by atoms with Gasteiger partial charge in [-0.1, -0.05) is 30.1 Å². The number of hydrogen-bond acceptors (Lipinski definition) is 4. The summed E-state index contributed by atoms with van der Waals surface area (Å²) in [5.41, 5.74) is 1.67. The van der Waals surface area contributed by atoms with Gasteiger partial charge < -0.3 is 4.42 Å². The molecule has 0 atom stereocenters. The molecule has 3 aromatic rings. The highest BCUT2D eigenvalue weighted by molar-refractivity contribution is 8.18. The maximum atomic E-state index is 12.9. The van der Waals surface area contributed by atoms with Gasteiger partial charge in [0, 0.05) is 28.2 Å². The summed E-state index contributed by atoms with van der Waals surface area (Å²) in [6.07, 6.45) is 2.60. The van der Waals surface area contributed by atoms with Crippen LogP contribution in [0.4, 0.5) is 5.69 Å². The third-order valence-corrected chi connectivity index (χ3v) is 5.93. The van der Waals surface area contributed by atoms with E-state index < -0.39 is 0 Å². The molecule has 4 rings (SSSR count). The fourth-order valence-electron chi connectivity index (χ4n) is 2.97. The van der Waals surface area contributed by atoms with Gasteiger partial charge in [0.25, 0.3) is 5.91 Å². The van der Waals surface area contributed by atoms with Gasteiger partial charge in [-0.25, -0.2) is 4.99 Å². The van der Waals surface area contributed by atoms with Crippen molar-refractivity contribution in [2.24, 2.45) is 4.99 Å². The van der Waals surface area contributed by atoms with Crippen molar-refractivity contribution in [3.63, 3.8) is 0 Å². The maximum absolute atomic E-state index is 12.9.